The summed E-state index contributed by atoms with van der Waals surface area (Å²) in [6, 6.07) is 6.46. The van der Waals surface area contributed by atoms with Crippen LogP contribution < -0.4 is 4.90 Å². The summed E-state index contributed by atoms with van der Waals surface area (Å²) in [5.41, 5.74) is 2.04. The van der Waals surface area contributed by atoms with Gasteiger partial charge in [-0.3, -0.25) is 4.79 Å². The smallest absolute Gasteiger partial charge is 0.224 e. The zero-order chi connectivity index (χ0) is 20.3. The Morgan fingerprint density at radius 1 is 1.18 bits per heavy atom. The highest BCUT2D eigenvalue weighted by atomic mass is 19.1. The van der Waals surface area contributed by atoms with E-state index in [4.69, 9.17) is 0 Å². The quantitative estimate of drug-likeness (QED) is 0.782. The summed E-state index contributed by atoms with van der Waals surface area (Å²) in [5.74, 6) is 1.39. The number of anilines is 1. The molecule has 0 N–H and O–H groups in total. The van der Waals surface area contributed by atoms with Gasteiger partial charge in [-0.05, 0) is 29.5 Å². The molecular formula is C22H29FN4O. The van der Waals surface area contributed by atoms with Gasteiger partial charge in [-0.2, -0.15) is 0 Å². The number of carbonyl (C=O) groups excluding carboxylic acids is 1. The molecule has 1 aromatic carbocycles. The van der Waals surface area contributed by atoms with Crippen molar-refractivity contribution < 1.29 is 9.18 Å². The van der Waals surface area contributed by atoms with Gasteiger partial charge in [0.05, 0.1) is 6.04 Å². The second-order valence-corrected chi connectivity index (χ2v) is 8.11. The summed E-state index contributed by atoms with van der Waals surface area (Å²) < 4.78 is 13.3. The number of nitrogens with zero attached hydrogens (tertiary/aromatic N) is 4. The Labute approximate surface area is 166 Å². The first-order valence-corrected chi connectivity index (χ1v) is 9.95. The number of carbonyl (C=O) groups is 1. The number of hydrogen-bond donors (Lipinski definition) is 0. The molecule has 1 atom stereocenters. The minimum absolute atomic E-state index is 0.0510. The highest BCUT2D eigenvalue weighted by Crippen LogP contribution is 2.28. The summed E-state index contributed by atoms with van der Waals surface area (Å²) in [7, 11) is 0. The number of amides is 1. The number of aromatic nitrogens is 2. The molecule has 5 nitrogen and oxygen atoms in total. The lowest BCUT2D eigenvalue weighted by Crippen LogP contribution is -2.46. The molecule has 1 fully saturated rings. The van der Waals surface area contributed by atoms with Gasteiger partial charge < -0.3 is 9.80 Å². The minimum Gasteiger partial charge on any atom is -0.354 e. The molecule has 2 heterocycles. The summed E-state index contributed by atoms with van der Waals surface area (Å²) in [6.45, 7) is 10.4. The third kappa shape index (κ3) is 4.49. The Hall–Kier alpha value is -2.50. The molecule has 0 spiro atoms. The summed E-state index contributed by atoms with van der Waals surface area (Å²) in [4.78, 5) is 25.9. The first kappa shape index (κ1) is 20.2. The van der Waals surface area contributed by atoms with E-state index in [0.29, 0.717) is 25.4 Å². The van der Waals surface area contributed by atoms with Crippen molar-refractivity contribution in [2.75, 3.05) is 18.0 Å². The van der Waals surface area contributed by atoms with E-state index >= 15 is 0 Å². The molecule has 0 radical (unpaired) electrons. The predicted octanol–water partition coefficient (Wildman–Crippen LogP) is 4.00. The molecule has 6 heteroatoms. The van der Waals surface area contributed by atoms with Crippen molar-refractivity contribution in [1.29, 1.82) is 0 Å². The SMILES string of the molecule is CC(C)c1cncnc1N1CCC(=O)N(Cc2ccc(F)cc2)C(C(C)C)C1. The van der Waals surface area contributed by atoms with Gasteiger partial charge in [0.25, 0.3) is 0 Å². The van der Waals surface area contributed by atoms with Crippen LogP contribution in [0.3, 0.4) is 0 Å². The van der Waals surface area contributed by atoms with Crippen LogP contribution in [0.1, 0.15) is 51.2 Å². The predicted molar refractivity (Wildman–Crippen MR) is 109 cm³/mol. The van der Waals surface area contributed by atoms with Gasteiger partial charge >= 0.3 is 0 Å². The van der Waals surface area contributed by atoms with E-state index in [1.165, 1.54) is 12.1 Å². The molecule has 0 aliphatic carbocycles. The number of hydrogen-bond acceptors (Lipinski definition) is 4. The minimum atomic E-state index is -0.262. The second kappa shape index (κ2) is 8.67. The summed E-state index contributed by atoms with van der Waals surface area (Å²) in [6.07, 6.45) is 3.89. The molecule has 0 bridgehead atoms. The molecule has 2 aromatic rings. The van der Waals surface area contributed by atoms with E-state index in [0.717, 1.165) is 23.5 Å². The zero-order valence-electron chi connectivity index (χ0n) is 17.1. The van der Waals surface area contributed by atoms with Crippen LogP contribution in [0.2, 0.25) is 0 Å². The third-order valence-corrected chi connectivity index (χ3v) is 5.40. The van der Waals surface area contributed by atoms with Crippen LogP contribution in [0.4, 0.5) is 10.2 Å². The van der Waals surface area contributed by atoms with E-state index in [2.05, 4.69) is 42.6 Å². The van der Waals surface area contributed by atoms with Crippen LogP contribution in [0, 0.1) is 11.7 Å². The van der Waals surface area contributed by atoms with E-state index in [9.17, 15) is 9.18 Å². The molecule has 0 saturated carbocycles. The van der Waals surface area contributed by atoms with Crippen LogP contribution in [0.5, 0.6) is 0 Å². The lowest BCUT2D eigenvalue weighted by Gasteiger charge is -2.35. The van der Waals surface area contributed by atoms with Crippen molar-refractivity contribution in [3.63, 3.8) is 0 Å². The van der Waals surface area contributed by atoms with Crippen molar-refractivity contribution >= 4 is 11.7 Å². The molecule has 150 valence electrons. The molecule has 1 amide bonds. The number of benzene rings is 1. The van der Waals surface area contributed by atoms with Gasteiger partial charge in [-0.1, -0.05) is 39.8 Å². The van der Waals surface area contributed by atoms with Crippen LogP contribution in [0.15, 0.2) is 36.8 Å². The van der Waals surface area contributed by atoms with Gasteiger partial charge in [0.15, 0.2) is 0 Å². The van der Waals surface area contributed by atoms with Crippen molar-refractivity contribution in [2.24, 2.45) is 5.92 Å². The fourth-order valence-electron chi connectivity index (χ4n) is 3.74. The Balaban J connectivity index is 1.89. The average molecular weight is 384 g/mol. The maximum atomic E-state index is 13.3. The topological polar surface area (TPSA) is 49.3 Å². The normalized spacial score (nSPS) is 18.1. The lowest BCUT2D eigenvalue weighted by atomic mass is 10.0. The van der Waals surface area contributed by atoms with Crippen LogP contribution in [-0.4, -0.2) is 39.9 Å². The van der Waals surface area contributed by atoms with Gasteiger partial charge in [0, 0.05) is 37.8 Å². The summed E-state index contributed by atoms with van der Waals surface area (Å²) >= 11 is 0. The number of halogens is 1. The maximum Gasteiger partial charge on any atom is 0.224 e. The van der Waals surface area contributed by atoms with E-state index < -0.39 is 0 Å². The molecular weight excluding hydrogens is 355 g/mol. The van der Waals surface area contributed by atoms with Crippen molar-refractivity contribution in [2.45, 2.75) is 52.6 Å². The first-order valence-electron chi connectivity index (χ1n) is 9.95. The van der Waals surface area contributed by atoms with Crippen molar-refractivity contribution in [1.82, 2.24) is 14.9 Å². The van der Waals surface area contributed by atoms with Crippen molar-refractivity contribution in [3.05, 3.63) is 53.7 Å². The van der Waals surface area contributed by atoms with E-state index in [-0.39, 0.29) is 23.7 Å². The van der Waals surface area contributed by atoms with Crippen molar-refractivity contribution in [3.8, 4) is 0 Å². The zero-order valence-corrected chi connectivity index (χ0v) is 17.1. The van der Waals surface area contributed by atoms with E-state index in [1.54, 1.807) is 18.5 Å². The summed E-state index contributed by atoms with van der Waals surface area (Å²) in [5, 5.41) is 0. The fourth-order valence-corrected chi connectivity index (χ4v) is 3.74. The van der Waals surface area contributed by atoms with Crippen LogP contribution >= 0.6 is 0 Å². The Kier molecular flexibility index (Phi) is 6.27. The van der Waals surface area contributed by atoms with Gasteiger partial charge in [-0.25, -0.2) is 14.4 Å². The Bertz CT molecular complexity index is 806. The maximum absolute atomic E-state index is 13.3. The van der Waals surface area contributed by atoms with Crippen LogP contribution in [0.25, 0.3) is 0 Å². The Morgan fingerprint density at radius 3 is 2.54 bits per heavy atom. The molecule has 1 unspecified atom stereocenters. The third-order valence-electron chi connectivity index (χ3n) is 5.40. The average Bonchev–Trinajstić information content (AvgIpc) is 2.83. The molecule has 28 heavy (non-hydrogen) atoms. The molecule has 1 aliphatic heterocycles. The van der Waals surface area contributed by atoms with Gasteiger partial charge in [-0.15, -0.1) is 0 Å². The number of rotatable bonds is 5. The standard InChI is InChI=1S/C22H29FN4O/c1-15(2)19-11-24-14-25-22(19)26-10-9-21(28)27(20(13-26)16(3)4)12-17-5-7-18(23)8-6-17/h5-8,11,14-16,20H,9-10,12-13H2,1-4H3. The van der Waals surface area contributed by atoms with E-state index in [1.807, 2.05) is 11.1 Å². The largest absolute Gasteiger partial charge is 0.354 e. The molecule has 1 aliphatic rings. The second-order valence-electron chi connectivity index (χ2n) is 8.11. The lowest BCUT2D eigenvalue weighted by molar-refractivity contribution is -0.134. The highest BCUT2D eigenvalue weighted by Gasteiger charge is 2.33. The fraction of sp³-hybridized carbons (Fsp3) is 0.500. The molecule has 1 saturated heterocycles. The Morgan fingerprint density at radius 2 is 1.89 bits per heavy atom. The van der Waals surface area contributed by atoms with Gasteiger partial charge in [0.2, 0.25) is 5.91 Å². The molecule has 1 aromatic heterocycles. The first-order chi connectivity index (χ1) is 13.4. The van der Waals surface area contributed by atoms with Crippen LogP contribution in [-0.2, 0) is 11.3 Å². The molecule has 3 rings (SSSR count). The monoisotopic (exact) mass is 384 g/mol. The van der Waals surface area contributed by atoms with Gasteiger partial charge in [0.1, 0.15) is 18.0 Å². The highest BCUT2D eigenvalue weighted by molar-refractivity contribution is 5.78.